The van der Waals surface area contributed by atoms with Gasteiger partial charge in [0.25, 0.3) is 0 Å². The van der Waals surface area contributed by atoms with Gasteiger partial charge in [0, 0.05) is 24.8 Å². The number of oxime groups is 4. The molecule has 0 aliphatic heterocycles. The van der Waals surface area contributed by atoms with Gasteiger partial charge in [0.1, 0.15) is 22.8 Å². The molecule has 284 valence electrons. The molecule has 26 heteroatoms. The average Bonchev–Trinajstić information content (AvgIpc) is 3.05. The molecule has 0 radical (unpaired) electrons. The number of aromatic nitrogens is 2. The van der Waals surface area contributed by atoms with Gasteiger partial charge in [0.05, 0.1) is 17.9 Å². The van der Waals surface area contributed by atoms with E-state index in [0.717, 1.165) is 0 Å². The number of carbonyl (C=O) groups is 3. The molecule has 0 amide bonds. The van der Waals surface area contributed by atoms with E-state index in [4.69, 9.17) is 125 Å². The Labute approximate surface area is 341 Å². The molecule has 0 aromatic carbocycles. The van der Waals surface area contributed by atoms with Gasteiger partial charge in [0.2, 0.25) is 11.4 Å². The van der Waals surface area contributed by atoms with Gasteiger partial charge in [-0.15, -0.1) is 0 Å². The second kappa shape index (κ2) is 35.1. The predicted octanol–water partition coefficient (Wildman–Crippen LogP) is 3.85. The third-order valence-corrected chi connectivity index (χ3v) is 4.86. The Balaban J connectivity index is -0.000000113. The minimum atomic E-state index is -2.28. The van der Waals surface area contributed by atoms with Crippen molar-refractivity contribution in [1.29, 1.82) is 0 Å². The van der Waals surface area contributed by atoms with Gasteiger partial charge in [0.15, 0.2) is 0 Å². The van der Waals surface area contributed by atoms with E-state index in [1.807, 2.05) is 36.4 Å². The van der Waals surface area contributed by atoms with Crippen LogP contribution < -0.4 is 15.3 Å². The Hall–Kier alpha value is -2.29. The Kier molecular flexibility index (Phi) is 42.0. The molecular formula is C24H26Cl9CoN6O10. The normalized spacial score (nSPS) is 11.2. The molecule has 2 rings (SSSR count). The summed E-state index contributed by atoms with van der Waals surface area (Å²) in [6, 6.07) is 11.4. The predicted molar refractivity (Wildman–Crippen MR) is 184 cm³/mol. The van der Waals surface area contributed by atoms with Crippen LogP contribution in [0, 0.1) is 0 Å². The number of halogens is 9. The largest absolute Gasteiger partial charge is 3.00 e. The number of hydrogen-bond acceptors (Lipinski definition) is 16. The van der Waals surface area contributed by atoms with Crippen molar-refractivity contribution in [2.24, 2.45) is 20.6 Å². The van der Waals surface area contributed by atoms with Crippen LogP contribution in [0.1, 0.15) is 27.7 Å². The first-order valence-electron chi connectivity index (χ1n) is 11.6. The molecule has 0 aliphatic rings. The van der Waals surface area contributed by atoms with Crippen LogP contribution in [0.3, 0.4) is 0 Å². The monoisotopic (exact) mass is 932 g/mol. The van der Waals surface area contributed by atoms with Gasteiger partial charge < -0.3 is 50.5 Å². The molecule has 0 atom stereocenters. The second-order valence-electron chi connectivity index (χ2n) is 7.15. The smallest absolute Gasteiger partial charge is 0.545 e. The third kappa shape index (κ3) is 47.8. The second-order valence-corrected chi connectivity index (χ2v) is 14.0. The fraction of sp³-hybridized carbons (Fsp3) is 0.292. The summed E-state index contributed by atoms with van der Waals surface area (Å²) in [5.74, 6) is -5.13. The van der Waals surface area contributed by atoms with Crippen molar-refractivity contribution < 1.29 is 67.3 Å². The van der Waals surface area contributed by atoms with E-state index in [-0.39, 0.29) is 16.8 Å². The van der Waals surface area contributed by atoms with Gasteiger partial charge in [-0.1, -0.05) is 137 Å². The number of nitrogens with zero attached hydrogens (tertiary/aromatic N) is 6. The maximum absolute atomic E-state index is 9.51. The zero-order valence-corrected chi connectivity index (χ0v) is 33.3. The minimum Gasteiger partial charge on any atom is -0.545 e. The number of carboxylic acid groups (broad SMARTS) is 3. The van der Waals surface area contributed by atoms with Gasteiger partial charge in [-0.05, 0) is 52.0 Å². The van der Waals surface area contributed by atoms with Crippen LogP contribution >= 0.6 is 104 Å². The van der Waals surface area contributed by atoms with Gasteiger partial charge in [-0.3, -0.25) is 9.97 Å². The van der Waals surface area contributed by atoms with E-state index < -0.39 is 29.3 Å². The third-order valence-electron chi connectivity index (χ3n) is 3.47. The fourth-order valence-corrected chi connectivity index (χ4v) is 0.915. The van der Waals surface area contributed by atoms with Crippen LogP contribution in [-0.2, 0) is 31.2 Å². The average molecular weight is 937 g/mol. The molecule has 16 nitrogen and oxygen atoms in total. The number of aliphatic carboxylic acids is 3. The SMILES string of the molecule is CC(=NO)C(C)=NO.CC(=NO)C(C)=NO.O=C([O-])C(Cl)(Cl)Cl.O=C([O-])C(Cl)(Cl)Cl.O=C([O-])C(Cl)(Cl)Cl.[Co+3].c1ccncc1.c1ccncc1. The molecule has 0 unspecified atom stereocenters. The number of hydrogen-bond donors (Lipinski definition) is 4. The summed E-state index contributed by atoms with van der Waals surface area (Å²) in [6.07, 6.45) is 7.00. The Bertz CT molecular complexity index is 1090. The van der Waals surface area contributed by atoms with Crippen molar-refractivity contribution in [3.8, 4) is 0 Å². The molecule has 50 heavy (non-hydrogen) atoms. The number of pyridine rings is 2. The minimum absolute atomic E-state index is 0. The van der Waals surface area contributed by atoms with Crippen molar-refractivity contribution in [3.63, 3.8) is 0 Å². The van der Waals surface area contributed by atoms with E-state index in [1.165, 1.54) is 27.7 Å². The van der Waals surface area contributed by atoms with Gasteiger partial charge in [-0.2, -0.15) is 0 Å². The van der Waals surface area contributed by atoms with Crippen molar-refractivity contribution in [3.05, 3.63) is 61.2 Å². The van der Waals surface area contributed by atoms with Crippen LogP contribution in [0.2, 0.25) is 0 Å². The van der Waals surface area contributed by atoms with E-state index in [1.54, 1.807) is 24.8 Å². The fourth-order valence-electron chi connectivity index (χ4n) is 0.915. The molecule has 2 aromatic rings. The summed E-state index contributed by atoms with van der Waals surface area (Å²) in [7, 11) is 0. The molecule has 0 fully saturated rings. The molecule has 0 aliphatic carbocycles. The first-order chi connectivity index (χ1) is 22.3. The van der Waals surface area contributed by atoms with Crippen LogP contribution in [-0.4, -0.2) is 82.9 Å². The van der Waals surface area contributed by atoms with Crippen LogP contribution in [0.25, 0.3) is 0 Å². The van der Waals surface area contributed by atoms with Crippen molar-refractivity contribution in [1.82, 2.24) is 9.97 Å². The van der Waals surface area contributed by atoms with Gasteiger partial charge >= 0.3 is 16.8 Å². The first-order valence-corrected chi connectivity index (χ1v) is 15.0. The van der Waals surface area contributed by atoms with E-state index in [0.29, 0.717) is 22.8 Å². The van der Waals surface area contributed by atoms with Crippen LogP contribution in [0.15, 0.2) is 81.8 Å². The van der Waals surface area contributed by atoms with Crippen molar-refractivity contribution in [2.45, 2.75) is 39.1 Å². The van der Waals surface area contributed by atoms with E-state index >= 15 is 0 Å². The Morgan fingerprint density at radius 1 is 0.460 bits per heavy atom. The molecule has 0 saturated heterocycles. The Morgan fingerprint density at radius 2 is 0.600 bits per heavy atom. The zero-order chi connectivity index (χ0) is 39.9. The zero-order valence-electron chi connectivity index (χ0n) is 25.4. The molecule has 2 aromatic heterocycles. The number of carbonyl (C=O) groups excluding carboxylic acids is 3. The van der Waals surface area contributed by atoms with Crippen molar-refractivity contribution >= 4 is 145 Å². The maximum atomic E-state index is 9.51. The standard InChI is InChI=1S/2C5H5N.2C4H8N2O2.3C2HCl3O2.Co/c2*1-2-4-6-5-3-1;2*1-3(5-7)4(2)6-8;3*3-2(4,5)1(6)7;/h2*1-5H;2*7-8H,1-2H3;3*(H,6,7);/q;;;;;;;+3/p-3. The number of carboxylic acids is 3. The topological polar surface area (TPSA) is 277 Å². The summed E-state index contributed by atoms with van der Waals surface area (Å²) in [5.41, 5.74) is 1.25. The molecule has 2 heterocycles. The Morgan fingerprint density at radius 3 is 0.640 bits per heavy atom. The van der Waals surface area contributed by atoms with E-state index in [2.05, 4.69) is 30.6 Å². The summed E-state index contributed by atoms with van der Waals surface area (Å²) in [5, 5.41) is 71.8. The molecule has 4 N–H and O–H groups in total. The quantitative estimate of drug-likeness (QED) is 0.145. The summed E-state index contributed by atoms with van der Waals surface area (Å²) >= 11 is 42.6. The van der Waals surface area contributed by atoms with Crippen LogP contribution in [0.5, 0.6) is 0 Å². The maximum Gasteiger partial charge on any atom is 3.00 e. The molecule has 0 bridgehead atoms. The number of alkyl halides is 9. The van der Waals surface area contributed by atoms with E-state index in [9.17, 15) is 29.7 Å². The van der Waals surface area contributed by atoms with Crippen LogP contribution in [0.4, 0.5) is 0 Å². The molecule has 0 saturated carbocycles. The summed E-state index contributed by atoms with van der Waals surface area (Å²) < 4.78 is -6.83. The van der Waals surface area contributed by atoms with Gasteiger partial charge in [-0.25, -0.2) is 0 Å². The molecule has 0 spiro atoms. The molecular weight excluding hydrogens is 910 g/mol. The van der Waals surface area contributed by atoms with Crippen molar-refractivity contribution in [2.75, 3.05) is 0 Å². The number of rotatable bonds is 2. The summed E-state index contributed by atoms with van der Waals surface area (Å²) in [4.78, 5) is 36.1. The first kappa shape index (κ1) is 59.8. The summed E-state index contributed by atoms with van der Waals surface area (Å²) in [6.45, 7) is 6.15.